The number of hydrogen-bond donors (Lipinski definition) is 1. The van der Waals surface area contributed by atoms with Crippen molar-refractivity contribution in [1.82, 2.24) is 4.98 Å². The summed E-state index contributed by atoms with van der Waals surface area (Å²) in [5.74, 6) is 0.375. The molecule has 110 valence electrons. The van der Waals surface area contributed by atoms with Crippen molar-refractivity contribution >= 4 is 11.6 Å². The summed E-state index contributed by atoms with van der Waals surface area (Å²) in [5.41, 5.74) is 7.92. The standard InChI is InChI=1S/C18H22N2O/c1-4-18(5-2,14-9-7-6-8-10-14)16(21)15-11-13(3)12-20-17(15)19/h6-12H,4-5H2,1-3H3,(H2,19,20). The SMILES string of the molecule is CCC(CC)(C(=O)c1cc(C)cnc1N)c1ccccc1. The van der Waals surface area contributed by atoms with Gasteiger partial charge in [-0.15, -0.1) is 0 Å². The Kier molecular flexibility index (Phi) is 4.41. The minimum absolute atomic E-state index is 0.0624. The highest BCUT2D eigenvalue weighted by atomic mass is 16.1. The van der Waals surface area contributed by atoms with Gasteiger partial charge in [0.25, 0.3) is 0 Å². The third-order valence-electron chi connectivity index (χ3n) is 4.27. The predicted molar refractivity (Wildman–Crippen MR) is 86.4 cm³/mol. The van der Waals surface area contributed by atoms with Crippen molar-refractivity contribution in [2.75, 3.05) is 5.73 Å². The molecule has 0 aliphatic heterocycles. The molecule has 2 aromatic rings. The molecule has 0 radical (unpaired) electrons. The number of Topliss-reactive ketones (excluding diaryl/α,β-unsaturated/α-hetero) is 1. The number of hydrogen-bond acceptors (Lipinski definition) is 3. The quantitative estimate of drug-likeness (QED) is 0.846. The zero-order chi connectivity index (χ0) is 15.5. The number of benzene rings is 1. The lowest BCUT2D eigenvalue weighted by Crippen LogP contribution is -2.35. The molecule has 3 heteroatoms. The van der Waals surface area contributed by atoms with Crippen LogP contribution in [0.1, 0.15) is 48.2 Å². The van der Waals surface area contributed by atoms with Crippen LogP contribution in [-0.4, -0.2) is 10.8 Å². The van der Waals surface area contributed by atoms with Gasteiger partial charge in [-0.1, -0.05) is 44.2 Å². The van der Waals surface area contributed by atoms with Crippen LogP contribution in [0.25, 0.3) is 0 Å². The Morgan fingerprint density at radius 1 is 1.19 bits per heavy atom. The van der Waals surface area contributed by atoms with Crippen molar-refractivity contribution in [3.8, 4) is 0 Å². The van der Waals surface area contributed by atoms with E-state index in [2.05, 4.69) is 4.98 Å². The Bertz CT molecular complexity index is 631. The average Bonchev–Trinajstić information content (AvgIpc) is 2.52. The Morgan fingerprint density at radius 2 is 1.81 bits per heavy atom. The Hall–Kier alpha value is -2.16. The zero-order valence-corrected chi connectivity index (χ0v) is 12.9. The molecule has 1 aromatic carbocycles. The minimum atomic E-state index is -0.537. The smallest absolute Gasteiger partial charge is 0.177 e. The second-order valence-electron chi connectivity index (χ2n) is 5.43. The summed E-state index contributed by atoms with van der Waals surface area (Å²) in [6.45, 7) is 6.02. The zero-order valence-electron chi connectivity index (χ0n) is 12.9. The van der Waals surface area contributed by atoms with E-state index in [1.807, 2.05) is 57.2 Å². The third-order valence-corrected chi connectivity index (χ3v) is 4.27. The summed E-state index contributed by atoms with van der Waals surface area (Å²) in [7, 11) is 0. The minimum Gasteiger partial charge on any atom is -0.383 e. The fourth-order valence-corrected chi connectivity index (χ4v) is 2.89. The average molecular weight is 282 g/mol. The maximum atomic E-state index is 13.2. The number of carbonyl (C=O) groups excluding carboxylic acids is 1. The van der Waals surface area contributed by atoms with Crippen molar-refractivity contribution in [3.63, 3.8) is 0 Å². The first kappa shape index (κ1) is 15.2. The lowest BCUT2D eigenvalue weighted by molar-refractivity contribution is 0.0873. The lowest BCUT2D eigenvalue weighted by Gasteiger charge is -2.31. The molecule has 0 bridgehead atoms. The molecule has 3 nitrogen and oxygen atoms in total. The molecule has 0 saturated heterocycles. The molecule has 0 spiro atoms. The van der Waals surface area contributed by atoms with Crippen LogP contribution in [0, 0.1) is 6.92 Å². The largest absolute Gasteiger partial charge is 0.383 e. The molecule has 1 aromatic heterocycles. The van der Waals surface area contributed by atoms with E-state index in [-0.39, 0.29) is 5.78 Å². The summed E-state index contributed by atoms with van der Waals surface area (Å²) in [4.78, 5) is 17.3. The highest BCUT2D eigenvalue weighted by Gasteiger charge is 2.38. The van der Waals surface area contributed by atoms with Gasteiger partial charge >= 0.3 is 0 Å². The van der Waals surface area contributed by atoms with Crippen LogP contribution in [0.3, 0.4) is 0 Å². The Labute approximate surface area is 126 Å². The van der Waals surface area contributed by atoms with Crippen molar-refractivity contribution in [2.24, 2.45) is 0 Å². The fourth-order valence-electron chi connectivity index (χ4n) is 2.89. The van der Waals surface area contributed by atoms with Crippen molar-refractivity contribution in [1.29, 1.82) is 0 Å². The molecule has 0 aliphatic rings. The first-order valence-corrected chi connectivity index (χ1v) is 7.37. The third kappa shape index (κ3) is 2.68. The summed E-state index contributed by atoms with van der Waals surface area (Å²) < 4.78 is 0. The molecule has 1 heterocycles. The van der Waals surface area contributed by atoms with Gasteiger partial charge < -0.3 is 5.73 Å². The molecule has 0 amide bonds. The molecule has 0 saturated carbocycles. The Balaban J connectivity index is 2.57. The van der Waals surface area contributed by atoms with Crippen LogP contribution in [0.15, 0.2) is 42.6 Å². The number of aryl methyl sites for hydroxylation is 1. The number of nitrogens with zero attached hydrogens (tertiary/aromatic N) is 1. The number of pyridine rings is 1. The fraction of sp³-hybridized carbons (Fsp3) is 0.333. The van der Waals surface area contributed by atoms with Gasteiger partial charge in [-0.2, -0.15) is 0 Å². The number of aromatic nitrogens is 1. The first-order valence-electron chi connectivity index (χ1n) is 7.37. The van der Waals surface area contributed by atoms with Gasteiger partial charge in [0.2, 0.25) is 0 Å². The van der Waals surface area contributed by atoms with E-state index in [9.17, 15) is 4.79 Å². The number of carbonyl (C=O) groups is 1. The number of nitrogens with two attached hydrogens (primary N) is 1. The molecule has 2 N–H and O–H groups in total. The monoisotopic (exact) mass is 282 g/mol. The maximum absolute atomic E-state index is 13.2. The summed E-state index contributed by atoms with van der Waals surface area (Å²) in [6, 6.07) is 11.8. The molecule has 2 rings (SSSR count). The molecule has 0 aliphatic carbocycles. The van der Waals surface area contributed by atoms with Crippen LogP contribution < -0.4 is 5.73 Å². The van der Waals surface area contributed by atoms with Crippen molar-refractivity contribution < 1.29 is 4.79 Å². The second-order valence-corrected chi connectivity index (χ2v) is 5.43. The first-order chi connectivity index (χ1) is 10.0. The highest BCUT2D eigenvalue weighted by molar-refractivity contribution is 6.07. The van der Waals surface area contributed by atoms with E-state index in [4.69, 9.17) is 5.73 Å². The van der Waals surface area contributed by atoms with Crippen molar-refractivity contribution in [2.45, 2.75) is 39.0 Å². The topological polar surface area (TPSA) is 56.0 Å². The highest BCUT2D eigenvalue weighted by Crippen LogP contribution is 2.36. The molecule has 0 atom stereocenters. The number of anilines is 1. The van der Waals surface area contributed by atoms with Gasteiger partial charge in [0.05, 0.1) is 11.0 Å². The summed E-state index contributed by atoms with van der Waals surface area (Å²) in [6.07, 6.45) is 3.16. The van der Waals surface area contributed by atoms with Gasteiger partial charge in [0.1, 0.15) is 5.82 Å². The maximum Gasteiger partial charge on any atom is 0.177 e. The van der Waals surface area contributed by atoms with Gasteiger partial charge in [-0.05, 0) is 37.0 Å². The number of ketones is 1. The van der Waals surface area contributed by atoms with Gasteiger partial charge in [0, 0.05) is 6.20 Å². The van der Waals surface area contributed by atoms with Gasteiger partial charge in [-0.25, -0.2) is 4.98 Å². The van der Waals surface area contributed by atoms with Crippen LogP contribution >= 0.6 is 0 Å². The van der Waals surface area contributed by atoms with Crippen LogP contribution in [0.5, 0.6) is 0 Å². The molecule has 0 fully saturated rings. The van der Waals surface area contributed by atoms with Gasteiger partial charge in [-0.3, -0.25) is 4.79 Å². The van der Waals surface area contributed by atoms with E-state index in [0.717, 1.165) is 24.0 Å². The number of nitrogen functional groups attached to an aromatic ring is 1. The second kappa shape index (κ2) is 6.08. The molecule has 0 unspecified atom stereocenters. The van der Waals surface area contributed by atoms with Crippen LogP contribution in [-0.2, 0) is 5.41 Å². The Morgan fingerprint density at radius 3 is 2.38 bits per heavy atom. The summed E-state index contributed by atoms with van der Waals surface area (Å²) >= 11 is 0. The van der Waals surface area contributed by atoms with Crippen molar-refractivity contribution in [3.05, 3.63) is 59.3 Å². The normalized spacial score (nSPS) is 11.4. The summed E-state index contributed by atoms with van der Waals surface area (Å²) in [5, 5.41) is 0. The molecular weight excluding hydrogens is 260 g/mol. The molecule has 21 heavy (non-hydrogen) atoms. The van der Waals surface area contributed by atoms with E-state index < -0.39 is 5.41 Å². The predicted octanol–water partition coefficient (Wildman–Crippen LogP) is 3.91. The van der Waals surface area contributed by atoms with Crippen LogP contribution in [0.2, 0.25) is 0 Å². The van der Waals surface area contributed by atoms with E-state index in [1.165, 1.54) is 0 Å². The van der Waals surface area contributed by atoms with E-state index >= 15 is 0 Å². The molecular formula is C18H22N2O. The number of rotatable bonds is 5. The van der Waals surface area contributed by atoms with E-state index in [0.29, 0.717) is 11.4 Å². The van der Waals surface area contributed by atoms with Gasteiger partial charge in [0.15, 0.2) is 5.78 Å². The lowest BCUT2D eigenvalue weighted by atomic mass is 9.70. The van der Waals surface area contributed by atoms with E-state index in [1.54, 1.807) is 6.20 Å². The van der Waals surface area contributed by atoms with Crippen LogP contribution in [0.4, 0.5) is 5.82 Å².